The van der Waals surface area contributed by atoms with E-state index in [9.17, 15) is 4.79 Å². The van der Waals surface area contributed by atoms with Crippen LogP contribution in [-0.2, 0) is 11.2 Å². The zero-order valence-electron chi connectivity index (χ0n) is 12.4. The second kappa shape index (κ2) is 6.27. The van der Waals surface area contributed by atoms with Crippen LogP contribution in [0.3, 0.4) is 0 Å². The van der Waals surface area contributed by atoms with Crippen molar-refractivity contribution in [1.29, 1.82) is 0 Å². The normalized spacial score (nSPS) is 17.1. The van der Waals surface area contributed by atoms with Crippen molar-refractivity contribution in [3.8, 4) is 0 Å². The molecule has 0 aromatic heterocycles. The standard InChI is InChI=1S/C16H24N2O2/c1-3-12-10-13(14(17)16(19)20)9-11(2)15(12)18-7-5-4-6-8-18/h9-10,14H,3-8,17H2,1-2H3,(H,19,20)/t14-/m0/s1. The number of piperidine rings is 1. The fraction of sp³-hybridized carbons (Fsp3) is 0.562. The molecule has 1 heterocycles. The number of nitrogens with zero attached hydrogens (tertiary/aromatic N) is 1. The Morgan fingerprint density at radius 2 is 2.00 bits per heavy atom. The molecule has 1 aromatic rings. The van der Waals surface area contributed by atoms with Gasteiger partial charge in [-0.15, -0.1) is 0 Å². The molecule has 0 saturated carbocycles. The third kappa shape index (κ3) is 2.96. The summed E-state index contributed by atoms with van der Waals surface area (Å²) in [6, 6.07) is 2.96. The molecule has 4 heteroatoms. The van der Waals surface area contributed by atoms with E-state index in [1.807, 2.05) is 12.1 Å². The first-order valence-corrected chi connectivity index (χ1v) is 7.41. The zero-order valence-corrected chi connectivity index (χ0v) is 12.4. The number of aliphatic carboxylic acids is 1. The van der Waals surface area contributed by atoms with Crippen LogP contribution in [0.2, 0.25) is 0 Å². The fourth-order valence-electron chi connectivity index (χ4n) is 3.04. The molecule has 2 rings (SSSR count). The molecular weight excluding hydrogens is 252 g/mol. The van der Waals surface area contributed by atoms with Crippen LogP contribution in [0.4, 0.5) is 5.69 Å². The summed E-state index contributed by atoms with van der Waals surface area (Å²) < 4.78 is 0. The maximum absolute atomic E-state index is 11.1. The molecule has 4 nitrogen and oxygen atoms in total. The first-order valence-electron chi connectivity index (χ1n) is 7.41. The third-order valence-corrected chi connectivity index (χ3v) is 4.08. The van der Waals surface area contributed by atoms with Gasteiger partial charge in [-0.1, -0.05) is 19.1 Å². The maximum Gasteiger partial charge on any atom is 0.325 e. The van der Waals surface area contributed by atoms with Crippen molar-refractivity contribution in [2.45, 2.75) is 45.6 Å². The van der Waals surface area contributed by atoms with Crippen molar-refractivity contribution in [2.75, 3.05) is 18.0 Å². The van der Waals surface area contributed by atoms with Gasteiger partial charge in [0.05, 0.1) is 0 Å². The Morgan fingerprint density at radius 1 is 1.35 bits per heavy atom. The lowest BCUT2D eigenvalue weighted by atomic mass is 9.96. The first kappa shape index (κ1) is 14.9. The van der Waals surface area contributed by atoms with E-state index in [-0.39, 0.29) is 0 Å². The number of hydrogen-bond donors (Lipinski definition) is 2. The molecule has 3 N–H and O–H groups in total. The Balaban J connectivity index is 2.40. The minimum Gasteiger partial charge on any atom is -0.480 e. The third-order valence-electron chi connectivity index (χ3n) is 4.08. The van der Waals surface area contributed by atoms with Crippen molar-refractivity contribution in [3.05, 3.63) is 28.8 Å². The Hall–Kier alpha value is -1.55. The van der Waals surface area contributed by atoms with Gasteiger partial charge in [-0.2, -0.15) is 0 Å². The molecule has 1 aromatic carbocycles. The van der Waals surface area contributed by atoms with Gasteiger partial charge in [-0.25, -0.2) is 0 Å². The molecule has 0 unspecified atom stereocenters. The number of hydrogen-bond acceptors (Lipinski definition) is 3. The molecule has 0 spiro atoms. The summed E-state index contributed by atoms with van der Waals surface area (Å²) in [6.07, 6.45) is 4.67. The van der Waals surface area contributed by atoms with Crippen molar-refractivity contribution in [3.63, 3.8) is 0 Å². The molecule has 0 amide bonds. The van der Waals surface area contributed by atoms with E-state index < -0.39 is 12.0 Å². The molecule has 0 radical (unpaired) electrons. The minimum atomic E-state index is -0.975. The number of benzene rings is 1. The van der Waals surface area contributed by atoms with Crippen LogP contribution in [0.1, 0.15) is 48.9 Å². The SMILES string of the molecule is CCc1cc([C@H](N)C(=O)O)cc(C)c1N1CCCCC1. The Morgan fingerprint density at radius 3 is 2.55 bits per heavy atom. The Kier molecular flexibility index (Phi) is 4.65. The number of anilines is 1. The van der Waals surface area contributed by atoms with Gasteiger partial charge in [0.25, 0.3) is 0 Å². The van der Waals surface area contributed by atoms with E-state index >= 15 is 0 Å². The van der Waals surface area contributed by atoms with Crippen LogP contribution >= 0.6 is 0 Å². The van der Waals surface area contributed by atoms with Gasteiger partial charge in [0.2, 0.25) is 0 Å². The molecule has 0 aliphatic carbocycles. The Bertz CT molecular complexity index is 493. The quantitative estimate of drug-likeness (QED) is 0.887. The summed E-state index contributed by atoms with van der Waals surface area (Å²) in [5.41, 5.74) is 10.1. The highest BCUT2D eigenvalue weighted by Gasteiger charge is 2.20. The largest absolute Gasteiger partial charge is 0.480 e. The van der Waals surface area contributed by atoms with E-state index in [1.165, 1.54) is 30.5 Å². The maximum atomic E-state index is 11.1. The number of aryl methyl sites for hydroxylation is 2. The number of carboxylic acids is 1. The van der Waals surface area contributed by atoms with Crippen LogP contribution in [0.25, 0.3) is 0 Å². The summed E-state index contributed by atoms with van der Waals surface area (Å²) in [6.45, 7) is 6.36. The van der Waals surface area contributed by atoms with Gasteiger partial charge in [-0.05, 0) is 49.3 Å². The van der Waals surface area contributed by atoms with Crippen LogP contribution in [0.15, 0.2) is 12.1 Å². The highest BCUT2D eigenvalue weighted by molar-refractivity contribution is 5.76. The van der Waals surface area contributed by atoms with E-state index in [1.54, 1.807) is 0 Å². The van der Waals surface area contributed by atoms with Gasteiger partial charge in [0.1, 0.15) is 6.04 Å². The predicted molar refractivity (Wildman–Crippen MR) is 81.2 cm³/mol. The van der Waals surface area contributed by atoms with Crippen LogP contribution < -0.4 is 10.6 Å². The lowest BCUT2D eigenvalue weighted by molar-refractivity contribution is -0.138. The van der Waals surface area contributed by atoms with Gasteiger partial charge in [-0.3, -0.25) is 4.79 Å². The summed E-state index contributed by atoms with van der Waals surface area (Å²) >= 11 is 0. The van der Waals surface area contributed by atoms with Crippen LogP contribution in [0.5, 0.6) is 0 Å². The highest BCUT2D eigenvalue weighted by Crippen LogP contribution is 2.31. The van der Waals surface area contributed by atoms with Crippen molar-refractivity contribution >= 4 is 11.7 Å². The second-order valence-electron chi connectivity index (χ2n) is 5.56. The van der Waals surface area contributed by atoms with Crippen molar-refractivity contribution in [2.24, 2.45) is 5.73 Å². The lowest BCUT2D eigenvalue weighted by Crippen LogP contribution is -2.31. The summed E-state index contributed by atoms with van der Waals surface area (Å²) in [5.74, 6) is -0.975. The Labute approximate surface area is 120 Å². The minimum absolute atomic E-state index is 0.701. The van der Waals surface area contributed by atoms with E-state index in [0.717, 1.165) is 25.1 Å². The van der Waals surface area contributed by atoms with Crippen molar-refractivity contribution in [1.82, 2.24) is 0 Å². The number of carbonyl (C=O) groups is 1. The molecule has 0 bridgehead atoms. The summed E-state index contributed by atoms with van der Waals surface area (Å²) in [7, 11) is 0. The van der Waals surface area contributed by atoms with Gasteiger partial charge in [0.15, 0.2) is 0 Å². The molecule has 1 aliphatic rings. The average Bonchev–Trinajstić information content (AvgIpc) is 2.46. The van der Waals surface area contributed by atoms with Crippen LogP contribution in [-0.4, -0.2) is 24.2 Å². The monoisotopic (exact) mass is 276 g/mol. The first-order chi connectivity index (χ1) is 9.54. The molecular formula is C16H24N2O2. The summed E-state index contributed by atoms with van der Waals surface area (Å²) in [4.78, 5) is 13.5. The second-order valence-corrected chi connectivity index (χ2v) is 5.56. The molecule has 20 heavy (non-hydrogen) atoms. The topological polar surface area (TPSA) is 66.6 Å². The number of carboxylic acid groups (broad SMARTS) is 1. The average molecular weight is 276 g/mol. The zero-order chi connectivity index (χ0) is 14.7. The number of rotatable bonds is 4. The lowest BCUT2D eigenvalue weighted by Gasteiger charge is -2.32. The van der Waals surface area contributed by atoms with E-state index in [4.69, 9.17) is 10.8 Å². The summed E-state index contributed by atoms with van der Waals surface area (Å²) in [5, 5.41) is 9.07. The highest BCUT2D eigenvalue weighted by atomic mass is 16.4. The molecule has 110 valence electrons. The molecule has 1 fully saturated rings. The van der Waals surface area contributed by atoms with Gasteiger partial charge < -0.3 is 15.7 Å². The fourth-order valence-corrected chi connectivity index (χ4v) is 3.04. The van der Waals surface area contributed by atoms with Crippen LogP contribution in [0, 0.1) is 6.92 Å². The molecule has 1 atom stereocenters. The van der Waals surface area contributed by atoms with E-state index in [0.29, 0.717) is 5.56 Å². The number of nitrogens with two attached hydrogens (primary N) is 1. The smallest absolute Gasteiger partial charge is 0.325 e. The van der Waals surface area contributed by atoms with Crippen molar-refractivity contribution < 1.29 is 9.90 Å². The predicted octanol–water partition coefficient (Wildman–Crippen LogP) is 2.63. The van der Waals surface area contributed by atoms with Gasteiger partial charge in [0, 0.05) is 18.8 Å². The van der Waals surface area contributed by atoms with E-state index in [2.05, 4.69) is 18.7 Å². The van der Waals surface area contributed by atoms with Gasteiger partial charge >= 0.3 is 5.97 Å². The molecule has 1 saturated heterocycles. The molecule has 1 aliphatic heterocycles.